The maximum absolute atomic E-state index is 11.3. The van der Waals surface area contributed by atoms with E-state index in [2.05, 4.69) is 17.2 Å². The summed E-state index contributed by atoms with van der Waals surface area (Å²) in [4.78, 5) is 11.3. The van der Waals surface area contributed by atoms with Crippen LogP contribution in [0.1, 0.15) is 27.2 Å². The van der Waals surface area contributed by atoms with Crippen LogP contribution in [0.4, 0.5) is 4.79 Å². The zero-order chi connectivity index (χ0) is 11.7. The zero-order valence-electron chi connectivity index (χ0n) is 9.93. The molecule has 0 aliphatic carbocycles. The van der Waals surface area contributed by atoms with Crippen molar-refractivity contribution in [2.45, 2.75) is 32.7 Å². The quantitative estimate of drug-likeness (QED) is 0.522. The summed E-state index contributed by atoms with van der Waals surface area (Å²) in [5.41, 5.74) is -0.201. The normalized spacial score (nSPS) is 10.9. The molecule has 15 heavy (non-hydrogen) atoms. The molecule has 0 radical (unpaired) electrons. The van der Waals surface area contributed by atoms with Crippen molar-refractivity contribution in [2.75, 3.05) is 19.8 Å². The summed E-state index contributed by atoms with van der Waals surface area (Å²) in [6, 6.07) is -0.158. The summed E-state index contributed by atoms with van der Waals surface area (Å²) in [5, 5.41) is 5.51. The van der Waals surface area contributed by atoms with E-state index >= 15 is 0 Å². The molecule has 0 spiro atoms. The van der Waals surface area contributed by atoms with Gasteiger partial charge in [-0.15, -0.1) is 6.58 Å². The molecule has 2 amide bonds. The first-order valence-corrected chi connectivity index (χ1v) is 5.20. The van der Waals surface area contributed by atoms with Gasteiger partial charge in [0.05, 0.1) is 13.2 Å². The Morgan fingerprint density at radius 3 is 2.60 bits per heavy atom. The molecule has 0 atom stereocenters. The number of carbonyl (C=O) groups excluding carboxylic acids is 1. The molecule has 2 N–H and O–H groups in total. The maximum Gasteiger partial charge on any atom is 0.315 e. The highest BCUT2D eigenvalue weighted by Crippen LogP contribution is 1.96. The van der Waals surface area contributed by atoms with Gasteiger partial charge in [0.1, 0.15) is 0 Å². The molecule has 0 bridgehead atoms. The molecule has 4 nitrogen and oxygen atoms in total. The van der Waals surface area contributed by atoms with Crippen molar-refractivity contribution in [2.24, 2.45) is 0 Å². The number of hydrogen-bond donors (Lipinski definition) is 2. The van der Waals surface area contributed by atoms with Crippen molar-refractivity contribution in [1.82, 2.24) is 10.6 Å². The minimum atomic E-state index is -0.201. The molecule has 0 aliphatic heterocycles. The number of hydrogen-bond acceptors (Lipinski definition) is 2. The zero-order valence-corrected chi connectivity index (χ0v) is 9.93. The second-order valence-electron chi connectivity index (χ2n) is 4.32. The van der Waals surface area contributed by atoms with Crippen LogP contribution < -0.4 is 10.6 Å². The molecule has 0 unspecified atom stereocenters. The minimum absolute atomic E-state index is 0.158. The predicted octanol–water partition coefficient (Wildman–Crippen LogP) is 1.68. The van der Waals surface area contributed by atoms with Gasteiger partial charge in [0.25, 0.3) is 0 Å². The van der Waals surface area contributed by atoms with E-state index in [0.29, 0.717) is 19.8 Å². The van der Waals surface area contributed by atoms with Gasteiger partial charge >= 0.3 is 6.03 Å². The largest absolute Gasteiger partial charge is 0.379 e. The maximum atomic E-state index is 11.3. The number of ether oxygens (including phenoxy) is 1. The SMILES string of the molecule is C=CCCOCCNC(=O)NC(C)(C)C. The van der Waals surface area contributed by atoms with Crippen LogP contribution in [-0.4, -0.2) is 31.3 Å². The Morgan fingerprint density at radius 2 is 2.07 bits per heavy atom. The van der Waals surface area contributed by atoms with Crippen molar-refractivity contribution in [3.8, 4) is 0 Å². The van der Waals surface area contributed by atoms with E-state index in [1.807, 2.05) is 20.8 Å². The van der Waals surface area contributed by atoms with Crippen LogP contribution in [-0.2, 0) is 4.74 Å². The molecule has 0 aromatic heterocycles. The fourth-order valence-corrected chi connectivity index (χ4v) is 0.890. The van der Waals surface area contributed by atoms with Crippen molar-refractivity contribution in [3.63, 3.8) is 0 Å². The van der Waals surface area contributed by atoms with Gasteiger partial charge in [0.15, 0.2) is 0 Å². The molecule has 0 aliphatic rings. The molecular formula is C11H22N2O2. The average Bonchev–Trinajstić information content (AvgIpc) is 2.08. The Kier molecular flexibility index (Phi) is 6.79. The Hall–Kier alpha value is -1.03. The van der Waals surface area contributed by atoms with Crippen LogP contribution in [0.2, 0.25) is 0 Å². The highest BCUT2D eigenvalue weighted by atomic mass is 16.5. The van der Waals surface area contributed by atoms with Crippen LogP contribution in [0.25, 0.3) is 0 Å². The molecule has 0 aromatic rings. The third-order valence-electron chi connectivity index (χ3n) is 1.49. The van der Waals surface area contributed by atoms with E-state index < -0.39 is 0 Å². The lowest BCUT2D eigenvalue weighted by Crippen LogP contribution is -2.47. The van der Waals surface area contributed by atoms with Gasteiger partial charge in [0.2, 0.25) is 0 Å². The number of rotatable bonds is 6. The standard InChI is InChI=1S/C11H22N2O2/c1-5-6-8-15-9-7-12-10(14)13-11(2,3)4/h5H,1,6-9H2,2-4H3,(H2,12,13,14). The molecule has 0 fully saturated rings. The molecule has 0 rings (SSSR count). The molecule has 4 heteroatoms. The molecular weight excluding hydrogens is 192 g/mol. The highest BCUT2D eigenvalue weighted by Gasteiger charge is 2.12. The summed E-state index contributed by atoms with van der Waals surface area (Å²) in [7, 11) is 0. The summed E-state index contributed by atoms with van der Waals surface area (Å²) in [5.74, 6) is 0. The average molecular weight is 214 g/mol. The third-order valence-corrected chi connectivity index (χ3v) is 1.49. The fourth-order valence-electron chi connectivity index (χ4n) is 0.890. The monoisotopic (exact) mass is 214 g/mol. The van der Waals surface area contributed by atoms with Crippen LogP contribution in [0.5, 0.6) is 0 Å². The lowest BCUT2D eigenvalue weighted by molar-refractivity contribution is 0.140. The molecule has 0 aromatic carbocycles. The summed E-state index contributed by atoms with van der Waals surface area (Å²) in [6.07, 6.45) is 2.65. The van der Waals surface area contributed by atoms with Gasteiger partial charge in [-0.2, -0.15) is 0 Å². The van der Waals surface area contributed by atoms with Crippen molar-refractivity contribution in [3.05, 3.63) is 12.7 Å². The first kappa shape index (κ1) is 14.0. The van der Waals surface area contributed by atoms with E-state index in [9.17, 15) is 4.79 Å². The van der Waals surface area contributed by atoms with Gasteiger partial charge in [-0.05, 0) is 27.2 Å². The number of carbonyl (C=O) groups is 1. The van der Waals surface area contributed by atoms with E-state index in [4.69, 9.17) is 4.74 Å². The van der Waals surface area contributed by atoms with Gasteiger partial charge in [-0.25, -0.2) is 4.79 Å². The molecule has 0 heterocycles. The van der Waals surface area contributed by atoms with E-state index in [1.54, 1.807) is 6.08 Å². The van der Waals surface area contributed by atoms with Crippen molar-refractivity contribution in [1.29, 1.82) is 0 Å². The van der Waals surface area contributed by atoms with Gasteiger partial charge in [-0.3, -0.25) is 0 Å². The van der Waals surface area contributed by atoms with Crippen LogP contribution in [0.15, 0.2) is 12.7 Å². The van der Waals surface area contributed by atoms with Crippen LogP contribution in [0, 0.1) is 0 Å². The van der Waals surface area contributed by atoms with E-state index in [1.165, 1.54) is 0 Å². The second kappa shape index (κ2) is 7.29. The Bertz CT molecular complexity index is 197. The first-order valence-electron chi connectivity index (χ1n) is 5.20. The highest BCUT2D eigenvalue weighted by molar-refractivity contribution is 5.74. The van der Waals surface area contributed by atoms with Crippen LogP contribution >= 0.6 is 0 Å². The summed E-state index contributed by atoms with van der Waals surface area (Å²) >= 11 is 0. The van der Waals surface area contributed by atoms with Gasteiger partial charge in [-0.1, -0.05) is 6.08 Å². The summed E-state index contributed by atoms with van der Waals surface area (Å²) < 4.78 is 5.24. The minimum Gasteiger partial charge on any atom is -0.379 e. The summed E-state index contributed by atoms with van der Waals surface area (Å²) in [6.45, 7) is 11.1. The van der Waals surface area contributed by atoms with Crippen LogP contribution in [0.3, 0.4) is 0 Å². The third kappa shape index (κ3) is 10.9. The lowest BCUT2D eigenvalue weighted by atomic mass is 10.1. The molecule has 88 valence electrons. The smallest absolute Gasteiger partial charge is 0.315 e. The van der Waals surface area contributed by atoms with Crippen molar-refractivity contribution < 1.29 is 9.53 Å². The lowest BCUT2D eigenvalue weighted by Gasteiger charge is -2.20. The Morgan fingerprint density at radius 1 is 1.40 bits per heavy atom. The van der Waals surface area contributed by atoms with E-state index in [-0.39, 0.29) is 11.6 Å². The first-order chi connectivity index (χ1) is 6.95. The predicted molar refractivity (Wildman–Crippen MR) is 61.9 cm³/mol. The van der Waals surface area contributed by atoms with E-state index in [0.717, 1.165) is 6.42 Å². The topological polar surface area (TPSA) is 50.4 Å². The Balaban J connectivity index is 3.36. The Labute approximate surface area is 92.1 Å². The molecule has 0 saturated carbocycles. The number of urea groups is 1. The van der Waals surface area contributed by atoms with Gasteiger partial charge in [0, 0.05) is 12.1 Å². The number of nitrogens with one attached hydrogen (secondary N) is 2. The second-order valence-corrected chi connectivity index (χ2v) is 4.32. The fraction of sp³-hybridized carbons (Fsp3) is 0.727. The van der Waals surface area contributed by atoms with Gasteiger partial charge < -0.3 is 15.4 Å². The number of amides is 2. The van der Waals surface area contributed by atoms with Crippen molar-refractivity contribution >= 4 is 6.03 Å². The molecule has 0 saturated heterocycles.